The molecule has 0 aromatic carbocycles. The van der Waals surface area contributed by atoms with Gasteiger partial charge >= 0.3 is 18.9 Å². The molecule has 0 spiro atoms. The SMILES string of the molecule is Cc1[c-]cc(C)[nH]1.[Li+]. The van der Waals surface area contributed by atoms with Crippen molar-refractivity contribution < 1.29 is 18.9 Å². The van der Waals surface area contributed by atoms with Crippen LogP contribution in [0.5, 0.6) is 0 Å². The van der Waals surface area contributed by atoms with Gasteiger partial charge in [-0.25, -0.2) is 12.1 Å². The third-order valence-electron chi connectivity index (χ3n) is 0.890. The molecule has 1 aromatic rings. The van der Waals surface area contributed by atoms with Crippen molar-refractivity contribution in [1.82, 2.24) is 4.98 Å². The van der Waals surface area contributed by atoms with E-state index in [2.05, 4.69) is 11.1 Å². The molecular formula is C6H8LiN. The molecule has 1 heterocycles. The Balaban J connectivity index is 0.000000490. The quantitative estimate of drug-likeness (QED) is 0.300. The summed E-state index contributed by atoms with van der Waals surface area (Å²) in [4.78, 5) is 3.08. The van der Waals surface area contributed by atoms with Crippen molar-refractivity contribution in [3.05, 3.63) is 23.5 Å². The van der Waals surface area contributed by atoms with E-state index in [0.717, 1.165) is 5.69 Å². The minimum atomic E-state index is 0. The summed E-state index contributed by atoms with van der Waals surface area (Å²) in [6.45, 7) is 4.01. The Morgan fingerprint density at radius 1 is 1.50 bits per heavy atom. The molecule has 1 rings (SSSR count). The second-order valence-electron chi connectivity index (χ2n) is 1.72. The Labute approximate surface area is 61.7 Å². The Hall–Kier alpha value is -0.123. The van der Waals surface area contributed by atoms with Gasteiger partial charge in [0, 0.05) is 0 Å². The number of aryl methyl sites for hydroxylation is 2. The molecule has 1 aromatic heterocycles. The van der Waals surface area contributed by atoms with Gasteiger partial charge in [-0.2, -0.15) is 0 Å². The van der Waals surface area contributed by atoms with Crippen LogP contribution in [0.15, 0.2) is 6.07 Å². The second-order valence-corrected chi connectivity index (χ2v) is 1.72. The van der Waals surface area contributed by atoms with Gasteiger partial charge in [0.1, 0.15) is 0 Å². The fourth-order valence-electron chi connectivity index (χ4n) is 0.584. The van der Waals surface area contributed by atoms with Crippen LogP contribution in [0.4, 0.5) is 0 Å². The molecule has 2 heteroatoms. The van der Waals surface area contributed by atoms with Crippen LogP contribution in [-0.4, -0.2) is 4.98 Å². The van der Waals surface area contributed by atoms with E-state index < -0.39 is 0 Å². The minimum Gasteiger partial charge on any atom is -0.456 e. The number of hydrogen-bond acceptors (Lipinski definition) is 0. The summed E-state index contributed by atoms with van der Waals surface area (Å²) in [5.41, 5.74) is 2.29. The van der Waals surface area contributed by atoms with Gasteiger partial charge in [0.05, 0.1) is 0 Å². The normalized spacial score (nSPS) is 8.25. The number of nitrogens with one attached hydrogen (secondary N) is 1. The molecule has 0 amide bonds. The van der Waals surface area contributed by atoms with E-state index in [1.165, 1.54) is 5.69 Å². The van der Waals surface area contributed by atoms with Crippen LogP contribution >= 0.6 is 0 Å². The van der Waals surface area contributed by atoms with Crippen molar-refractivity contribution in [2.24, 2.45) is 0 Å². The van der Waals surface area contributed by atoms with Gasteiger partial charge < -0.3 is 4.98 Å². The van der Waals surface area contributed by atoms with Crippen LogP contribution in [0.3, 0.4) is 0 Å². The predicted molar refractivity (Wildman–Crippen MR) is 29.1 cm³/mol. The third kappa shape index (κ3) is 1.77. The first kappa shape index (κ1) is 7.88. The van der Waals surface area contributed by atoms with Gasteiger partial charge in [-0.1, -0.05) is 12.6 Å². The van der Waals surface area contributed by atoms with E-state index in [4.69, 9.17) is 0 Å². The van der Waals surface area contributed by atoms with Gasteiger partial charge in [-0.05, 0) is 6.92 Å². The molecule has 8 heavy (non-hydrogen) atoms. The molecule has 0 aliphatic carbocycles. The van der Waals surface area contributed by atoms with Crippen LogP contribution in [0.25, 0.3) is 0 Å². The third-order valence-corrected chi connectivity index (χ3v) is 0.890. The van der Waals surface area contributed by atoms with Gasteiger partial charge in [-0.3, -0.25) is 0 Å². The number of aromatic amines is 1. The summed E-state index contributed by atoms with van der Waals surface area (Å²) >= 11 is 0. The number of aromatic nitrogens is 1. The molecule has 0 aliphatic rings. The van der Waals surface area contributed by atoms with Crippen LogP contribution in [0, 0.1) is 19.9 Å². The van der Waals surface area contributed by atoms with E-state index in [1.807, 2.05) is 19.9 Å². The van der Waals surface area contributed by atoms with Crippen molar-refractivity contribution in [2.45, 2.75) is 13.8 Å². The van der Waals surface area contributed by atoms with Crippen molar-refractivity contribution in [3.63, 3.8) is 0 Å². The Morgan fingerprint density at radius 3 is 2.25 bits per heavy atom. The van der Waals surface area contributed by atoms with Crippen molar-refractivity contribution in [2.75, 3.05) is 0 Å². The molecule has 0 unspecified atom stereocenters. The molecule has 0 fully saturated rings. The van der Waals surface area contributed by atoms with E-state index in [9.17, 15) is 0 Å². The number of hydrogen-bond donors (Lipinski definition) is 1. The van der Waals surface area contributed by atoms with E-state index in [-0.39, 0.29) is 18.9 Å². The fourth-order valence-corrected chi connectivity index (χ4v) is 0.584. The van der Waals surface area contributed by atoms with Gasteiger partial charge in [-0.15, -0.1) is 5.69 Å². The maximum atomic E-state index is 3.08. The predicted octanol–water partition coefficient (Wildman–Crippen LogP) is -1.56. The zero-order valence-corrected chi connectivity index (χ0v) is 5.58. The second kappa shape index (κ2) is 3.01. The summed E-state index contributed by atoms with van der Waals surface area (Å²) in [7, 11) is 0. The van der Waals surface area contributed by atoms with E-state index >= 15 is 0 Å². The maximum Gasteiger partial charge on any atom is 1.00 e. The average molecular weight is 101 g/mol. The zero-order chi connectivity index (χ0) is 5.28. The molecule has 0 saturated heterocycles. The molecule has 0 atom stereocenters. The van der Waals surface area contributed by atoms with Gasteiger partial charge in [0.15, 0.2) is 0 Å². The largest absolute Gasteiger partial charge is 1.00 e. The molecule has 0 bridgehead atoms. The fraction of sp³-hybridized carbons (Fsp3) is 0.333. The van der Waals surface area contributed by atoms with E-state index in [1.54, 1.807) is 0 Å². The molecule has 0 saturated carbocycles. The topological polar surface area (TPSA) is 15.8 Å². The molecule has 0 aliphatic heterocycles. The summed E-state index contributed by atoms with van der Waals surface area (Å²) in [5, 5.41) is 0. The van der Waals surface area contributed by atoms with Crippen LogP contribution in [0.1, 0.15) is 11.4 Å². The van der Waals surface area contributed by atoms with Crippen LogP contribution in [-0.2, 0) is 0 Å². The summed E-state index contributed by atoms with van der Waals surface area (Å²) in [6.07, 6.45) is 0. The molecule has 38 valence electrons. The molecular weight excluding hydrogens is 93.0 g/mol. The van der Waals surface area contributed by atoms with Gasteiger partial charge in [0.25, 0.3) is 0 Å². The Bertz CT molecular complexity index is 141. The number of rotatable bonds is 0. The molecule has 0 radical (unpaired) electrons. The van der Waals surface area contributed by atoms with Crippen molar-refractivity contribution in [1.29, 1.82) is 0 Å². The summed E-state index contributed by atoms with van der Waals surface area (Å²) < 4.78 is 0. The van der Waals surface area contributed by atoms with E-state index in [0.29, 0.717) is 0 Å². The first-order valence-electron chi connectivity index (χ1n) is 2.33. The first-order chi connectivity index (χ1) is 3.29. The smallest absolute Gasteiger partial charge is 0.456 e. The van der Waals surface area contributed by atoms with Crippen LogP contribution in [0.2, 0.25) is 0 Å². The standard InChI is InChI=1S/C6H8N.Li/c1-5-3-4-6(2)7-5;/h3,7H,1-2H3;/q-1;+1. The Morgan fingerprint density at radius 2 is 2.12 bits per heavy atom. The van der Waals surface area contributed by atoms with Crippen LogP contribution < -0.4 is 18.9 Å². The Kier molecular flexibility index (Phi) is 2.97. The zero-order valence-electron chi connectivity index (χ0n) is 5.58. The molecule has 1 nitrogen and oxygen atoms in total. The average Bonchev–Trinajstić information content (AvgIpc) is 1.87. The first-order valence-corrected chi connectivity index (χ1v) is 2.33. The van der Waals surface area contributed by atoms with Crippen molar-refractivity contribution >= 4 is 0 Å². The maximum absolute atomic E-state index is 3.08. The summed E-state index contributed by atoms with van der Waals surface area (Å²) in [6, 6.07) is 4.95. The minimum absolute atomic E-state index is 0. The number of H-pyrrole nitrogens is 1. The monoisotopic (exact) mass is 101 g/mol. The van der Waals surface area contributed by atoms with Gasteiger partial charge in [0.2, 0.25) is 0 Å². The molecule has 1 N–H and O–H groups in total. The van der Waals surface area contributed by atoms with Crippen molar-refractivity contribution in [3.8, 4) is 0 Å². The summed E-state index contributed by atoms with van der Waals surface area (Å²) in [5.74, 6) is 0.